The molecule has 1 aromatic heterocycles. The molecule has 0 fully saturated rings. The van der Waals surface area contributed by atoms with Gasteiger partial charge in [0.2, 0.25) is 0 Å². The van der Waals surface area contributed by atoms with Crippen molar-refractivity contribution in [2.45, 2.75) is 0 Å². The van der Waals surface area contributed by atoms with Crippen molar-refractivity contribution in [3.05, 3.63) is 108 Å². The van der Waals surface area contributed by atoms with Gasteiger partial charge >= 0.3 is 0 Å². The Morgan fingerprint density at radius 3 is 2.41 bits per heavy atom. The lowest BCUT2D eigenvalue weighted by Crippen LogP contribution is -2.01. The molecule has 0 spiro atoms. The molecule has 0 amide bonds. The monoisotopic (exact) mass is 517 g/mol. The van der Waals surface area contributed by atoms with Crippen LogP contribution in [0.15, 0.2) is 97.1 Å². The Kier molecular flexibility index (Phi) is 7.50. The van der Waals surface area contributed by atoms with Crippen LogP contribution in [0.1, 0.15) is 15.9 Å². The molecule has 1 N–H and O–H groups in total. The normalized spacial score (nSPS) is 10.9. The van der Waals surface area contributed by atoms with Gasteiger partial charge in [-0.25, -0.2) is 9.97 Å². The van der Waals surface area contributed by atoms with E-state index < -0.39 is 0 Å². The third-order valence-electron chi connectivity index (χ3n) is 6.18. The zero-order chi connectivity index (χ0) is 27.2. The second kappa shape index (κ2) is 11.5. The SMILES string of the molecule is COc1cccc(/C=C/C(=O)c2cccc(Nc3nc(-c4ccc(OC)c(OC)c4)nc4ccccc34)c2)c1. The number of benzene rings is 4. The average molecular weight is 518 g/mol. The number of carbonyl (C=O) groups is 1. The number of ketones is 1. The minimum Gasteiger partial charge on any atom is -0.497 e. The van der Waals surface area contributed by atoms with Crippen LogP contribution < -0.4 is 19.5 Å². The summed E-state index contributed by atoms with van der Waals surface area (Å²) in [6, 6.07) is 28.2. The highest BCUT2D eigenvalue weighted by Gasteiger charge is 2.13. The summed E-state index contributed by atoms with van der Waals surface area (Å²) in [4.78, 5) is 22.6. The molecule has 0 saturated heterocycles. The predicted octanol–water partition coefficient (Wildman–Crippen LogP) is 6.96. The smallest absolute Gasteiger partial charge is 0.185 e. The highest BCUT2D eigenvalue weighted by Crippen LogP contribution is 2.33. The fourth-order valence-electron chi connectivity index (χ4n) is 4.18. The van der Waals surface area contributed by atoms with Crippen LogP contribution in [0.5, 0.6) is 17.2 Å². The van der Waals surface area contributed by atoms with E-state index in [4.69, 9.17) is 24.2 Å². The molecule has 0 aliphatic rings. The number of para-hydroxylation sites is 1. The second-order valence-corrected chi connectivity index (χ2v) is 8.66. The molecular formula is C32H27N3O4. The van der Waals surface area contributed by atoms with Crippen LogP contribution in [0.2, 0.25) is 0 Å². The molecule has 0 aliphatic heterocycles. The van der Waals surface area contributed by atoms with Crippen molar-refractivity contribution in [2.24, 2.45) is 0 Å². The molecule has 5 rings (SSSR count). The Hall–Kier alpha value is -5.17. The van der Waals surface area contributed by atoms with Crippen molar-refractivity contribution in [3.63, 3.8) is 0 Å². The summed E-state index contributed by atoms with van der Waals surface area (Å²) in [6.07, 6.45) is 3.33. The number of fused-ring (bicyclic) bond motifs is 1. The maximum Gasteiger partial charge on any atom is 0.185 e. The minimum atomic E-state index is -0.111. The molecule has 39 heavy (non-hydrogen) atoms. The number of aromatic nitrogens is 2. The van der Waals surface area contributed by atoms with Gasteiger partial charge in [-0.3, -0.25) is 4.79 Å². The number of hydrogen-bond acceptors (Lipinski definition) is 7. The molecule has 4 aromatic carbocycles. The van der Waals surface area contributed by atoms with Gasteiger partial charge in [0.25, 0.3) is 0 Å². The Morgan fingerprint density at radius 1 is 0.769 bits per heavy atom. The van der Waals surface area contributed by atoms with Crippen molar-refractivity contribution in [1.29, 1.82) is 0 Å². The second-order valence-electron chi connectivity index (χ2n) is 8.66. The van der Waals surface area contributed by atoms with Crippen LogP contribution >= 0.6 is 0 Å². The number of allylic oxidation sites excluding steroid dienone is 1. The first kappa shape index (κ1) is 25.5. The summed E-state index contributed by atoms with van der Waals surface area (Å²) in [6.45, 7) is 0. The topological polar surface area (TPSA) is 82.6 Å². The number of methoxy groups -OCH3 is 3. The van der Waals surface area contributed by atoms with E-state index in [2.05, 4.69) is 5.32 Å². The fraction of sp³-hybridized carbons (Fsp3) is 0.0938. The van der Waals surface area contributed by atoms with E-state index in [9.17, 15) is 4.79 Å². The maximum absolute atomic E-state index is 12.9. The fourth-order valence-corrected chi connectivity index (χ4v) is 4.18. The Morgan fingerprint density at radius 2 is 1.59 bits per heavy atom. The standard InChI is InChI=1S/C32H27N3O4/c1-37-25-11-6-8-21(18-25)14-16-28(36)22-9-7-10-24(19-22)33-32-26-12-4-5-13-27(26)34-31(35-32)23-15-17-29(38-2)30(20-23)39-3/h4-20H,1-3H3,(H,33,34,35)/b16-14+. The van der Waals surface area contributed by atoms with Gasteiger partial charge in [0.1, 0.15) is 11.6 Å². The first-order chi connectivity index (χ1) is 19.1. The lowest BCUT2D eigenvalue weighted by atomic mass is 10.1. The summed E-state index contributed by atoms with van der Waals surface area (Å²) in [5.74, 6) is 3.00. The van der Waals surface area contributed by atoms with Crippen LogP contribution in [0, 0.1) is 0 Å². The van der Waals surface area contributed by atoms with Gasteiger partial charge in [-0.2, -0.15) is 0 Å². The van der Waals surface area contributed by atoms with Crippen LogP contribution in [0.4, 0.5) is 11.5 Å². The molecule has 7 nitrogen and oxygen atoms in total. The molecule has 0 unspecified atom stereocenters. The number of nitrogens with one attached hydrogen (secondary N) is 1. The lowest BCUT2D eigenvalue weighted by Gasteiger charge is -2.13. The van der Waals surface area contributed by atoms with E-state index in [0.717, 1.165) is 33.5 Å². The molecule has 194 valence electrons. The highest BCUT2D eigenvalue weighted by molar-refractivity contribution is 6.07. The summed E-state index contributed by atoms with van der Waals surface area (Å²) >= 11 is 0. The molecule has 0 saturated carbocycles. The Labute approximate surface area is 226 Å². The lowest BCUT2D eigenvalue weighted by molar-refractivity contribution is 0.104. The van der Waals surface area contributed by atoms with Gasteiger partial charge in [-0.05, 0) is 66.2 Å². The van der Waals surface area contributed by atoms with Crippen LogP contribution in [0.25, 0.3) is 28.4 Å². The van der Waals surface area contributed by atoms with E-state index in [1.54, 1.807) is 39.5 Å². The number of nitrogens with zero attached hydrogens (tertiary/aromatic N) is 2. The van der Waals surface area contributed by atoms with Gasteiger partial charge in [-0.1, -0.05) is 42.5 Å². The largest absolute Gasteiger partial charge is 0.497 e. The molecule has 7 heteroatoms. The number of carbonyl (C=O) groups excluding carboxylic acids is 1. The van der Waals surface area contributed by atoms with Crippen molar-refractivity contribution in [3.8, 4) is 28.6 Å². The first-order valence-electron chi connectivity index (χ1n) is 12.3. The molecule has 1 heterocycles. The van der Waals surface area contributed by atoms with E-state index >= 15 is 0 Å². The average Bonchev–Trinajstić information content (AvgIpc) is 2.99. The number of hydrogen-bond donors (Lipinski definition) is 1. The highest BCUT2D eigenvalue weighted by atomic mass is 16.5. The van der Waals surface area contributed by atoms with Crippen LogP contribution in [-0.4, -0.2) is 37.1 Å². The molecular weight excluding hydrogens is 490 g/mol. The number of rotatable bonds is 9. The number of anilines is 2. The van der Waals surface area contributed by atoms with Gasteiger partial charge in [0.15, 0.2) is 23.1 Å². The minimum absolute atomic E-state index is 0.111. The molecule has 0 bridgehead atoms. The van der Waals surface area contributed by atoms with E-state index in [-0.39, 0.29) is 5.78 Å². The van der Waals surface area contributed by atoms with E-state index in [1.807, 2.05) is 84.9 Å². The third-order valence-corrected chi connectivity index (χ3v) is 6.18. The molecule has 0 aliphatic carbocycles. The van der Waals surface area contributed by atoms with E-state index in [1.165, 1.54) is 0 Å². The van der Waals surface area contributed by atoms with Crippen LogP contribution in [-0.2, 0) is 0 Å². The maximum atomic E-state index is 12.9. The van der Waals surface area contributed by atoms with Crippen molar-refractivity contribution in [1.82, 2.24) is 9.97 Å². The quantitative estimate of drug-likeness (QED) is 0.167. The van der Waals surface area contributed by atoms with Gasteiger partial charge in [0, 0.05) is 22.2 Å². The zero-order valence-corrected chi connectivity index (χ0v) is 21.8. The first-order valence-corrected chi connectivity index (χ1v) is 12.3. The molecule has 0 radical (unpaired) electrons. The Bertz CT molecular complexity index is 1680. The summed E-state index contributed by atoms with van der Waals surface area (Å²) in [5, 5.41) is 4.25. The Balaban J connectivity index is 1.46. The zero-order valence-electron chi connectivity index (χ0n) is 21.8. The van der Waals surface area contributed by atoms with Gasteiger partial charge in [0.05, 0.1) is 26.8 Å². The van der Waals surface area contributed by atoms with Crippen molar-refractivity contribution >= 4 is 34.3 Å². The molecule has 0 atom stereocenters. The summed E-state index contributed by atoms with van der Waals surface area (Å²) in [5.41, 5.74) is 3.74. The predicted molar refractivity (Wildman–Crippen MR) is 154 cm³/mol. The van der Waals surface area contributed by atoms with Crippen LogP contribution in [0.3, 0.4) is 0 Å². The summed E-state index contributed by atoms with van der Waals surface area (Å²) in [7, 11) is 4.81. The summed E-state index contributed by atoms with van der Waals surface area (Å²) < 4.78 is 16.1. The van der Waals surface area contributed by atoms with E-state index in [0.29, 0.717) is 28.7 Å². The number of ether oxygens (including phenoxy) is 3. The van der Waals surface area contributed by atoms with Gasteiger partial charge in [-0.15, -0.1) is 0 Å². The van der Waals surface area contributed by atoms with Crippen molar-refractivity contribution < 1.29 is 19.0 Å². The van der Waals surface area contributed by atoms with Gasteiger partial charge < -0.3 is 19.5 Å². The third kappa shape index (κ3) is 5.72. The van der Waals surface area contributed by atoms with Crippen molar-refractivity contribution in [2.75, 3.05) is 26.6 Å². The molecule has 5 aromatic rings.